The van der Waals surface area contributed by atoms with Gasteiger partial charge in [-0.3, -0.25) is 4.79 Å². The van der Waals surface area contributed by atoms with Crippen LogP contribution in [0.2, 0.25) is 0 Å². The van der Waals surface area contributed by atoms with Gasteiger partial charge >= 0.3 is 0 Å². The minimum absolute atomic E-state index is 0.192. The van der Waals surface area contributed by atoms with Crippen LogP contribution in [0.1, 0.15) is 34.1 Å². The lowest BCUT2D eigenvalue weighted by molar-refractivity contribution is -0.143. The third-order valence-corrected chi connectivity index (χ3v) is 2.11. The van der Waals surface area contributed by atoms with Crippen molar-refractivity contribution in [2.24, 2.45) is 11.8 Å². The van der Waals surface area contributed by atoms with E-state index in [2.05, 4.69) is 0 Å². The summed E-state index contributed by atoms with van der Waals surface area (Å²) in [6.07, 6.45) is 0.745. The molecule has 1 unspecified atom stereocenters. The fourth-order valence-electron chi connectivity index (χ4n) is 1.42. The molecule has 0 fully saturated rings. The molecule has 0 aromatic rings. The average Bonchev–Trinajstić information content (AvgIpc) is 2.01. The van der Waals surface area contributed by atoms with Gasteiger partial charge in [-0.05, 0) is 19.3 Å². The lowest BCUT2D eigenvalue weighted by Gasteiger charge is -2.23. The first-order valence-corrected chi connectivity index (χ1v) is 4.68. The fraction of sp³-hybridized carbons (Fsp3) is 0.900. The Morgan fingerprint density at radius 1 is 1.38 bits per heavy atom. The maximum absolute atomic E-state index is 11.5. The maximum Gasteiger partial charge on any atom is 0.169 e. The summed E-state index contributed by atoms with van der Waals surface area (Å²) in [6, 6.07) is 0. The highest BCUT2D eigenvalue weighted by Crippen LogP contribution is 2.18. The molecule has 0 amide bonds. The van der Waals surface area contributed by atoms with E-state index in [1.54, 1.807) is 6.92 Å². The highest BCUT2D eigenvalue weighted by atomic mass is 16.3. The monoisotopic (exact) mass is 188 g/mol. The lowest BCUT2D eigenvalue weighted by Crippen LogP contribution is -2.42. The molecule has 2 N–H and O–H groups in total. The Hall–Kier alpha value is -0.410. The van der Waals surface area contributed by atoms with Crippen molar-refractivity contribution in [2.45, 2.75) is 39.7 Å². The van der Waals surface area contributed by atoms with Gasteiger partial charge in [-0.15, -0.1) is 0 Å². The van der Waals surface area contributed by atoms with Crippen LogP contribution in [0.4, 0.5) is 0 Å². The van der Waals surface area contributed by atoms with Crippen molar-refractivity contribution in [2.75, 3.05) is 6.61 Å². The van der Waals surface area contributed by atoms with Crippen LogP contribution in [0.25, 0.3) is 0 Å². The molecule has 78 valence electrons. The Morgan fingerprint density at radius 3 is 2.15 bits per heavy atom. The van der Waals surface area contributed by atoms with Crippen molar-refractivity contribution in [1.82, 2.24) is 0 Å². The van der Waals surface area contributed by atoms with Gasteiger partial charge in [-0.2, -0.15) is 0 Å². The van der Waals surface area contributed by atoms with E-state index in [9.17, 15) is 9.90 Å². The Morgan fingerprint density at radius 2 is 1.85 bits per heavy atom. The molecule has 0 rings (SSSR count). The summed E-state index contributed by atoms with van der Waals surface area (Å²) in [5, 5.41) is 18.3. The van der Waals surface area contributed by atoms with E-state index < -0.39 is 12.2 Å². The molecule has 0 saturated heterocycles. The molecule has 0 aliphatic carbocycles. The summed E-state index contributed by atoms with van der Waals surface area (Å²) in [7, 11) is 0. The zero-order valence-electron chi connectivity index (χ0n) is 8.87. The van der Waals surface area contributed by atoms with Crippen LogP contribution in [-0.2, 0) is 4.79 Å². The first-order chi connectivity index (χ1) is 5.81. The Kier molecular flexibility index (Phi) is 4.57. The number of aliphatic hydroxyl groups excluding tert-OH is 1. The van der Waals surface area contributed by atoms with Gasteiger partial charge in [0.05, 0.1) is 6.61 Å². The smallest absolute Gasteiger partial charge is 0.169 e. The predicted octanol–water partition coefficient (Wildman–Crippen LogP) is 0.981. The van der Waals surface area contributed by atoms with Gasteiger partial charge < -0.3 is 10.2 Å². The van der Waals surface area contributed by atoms with Gasteiger partial charge in [0.25, 0.3) is 0 Å². The predicted molar refractivity (Wildman–Crippen MR) is 51.3 cm³/mol. The van der Waals surface area contributed by atoms with E-state index in [-0.39, 0.29) is 11.7 Å². The van der Waals surface area contributed by atoms with Crippen molar-refractivity contribution in [3.8, 4) is 0 Å². The number of Topliss-reactive ketones (excluding diaryl/α,β-unsaturated/α-hetero) is 1. The van der Waals surface area contributed by atoms with Gasteiger partial charge in [0, 0.05) is 5.92 Å². The molecule has 0 aromatic heterocycles. The molecule has 0 heterocycles. The zero-order valence-corrected chi connectivity index (χ0v) is 8.87. The first kappa shape index (κ1) is 12.6. The minimum atomic E-state index is -1.58. The minimum Gasteiger partial charge on any atom is -0.393 e. The van der Waals surface area contributed by atoms with Crippen LogP contribution in [-0.4, -0.2) is 28.2 Å². The van der Waals surface area contributed by atoms with Crippen LogP contribution >= 0.6 is 0 Å². The van der Waals surface area contributed by atoms with Crippen LogP contribution in [0, 0.1) is 11.8 Å². The van der Waals surface area contributed by atoms with E-state index in [1.807, 2.05) is 13.8 Å². The molecule has 0 bridgehead atoms. The van der Waals surface area contributed by atoms with E-state index in [0.717, 1.165) is 6.42 Å². The van der Waals surface area contributed by atoms with Crippen LogP contribution in [0.15, 0.2) is 0 Å². The Balaban J connectivity index is 4.25. The van der Waals surface area contributed by atoms with Crippen molar-refractivity contribution in [3.63, 3.8) is 0 Å². The summed E-state index contributed by atoms with van der Waals surface area (Å²) in [4.78, 5) is 11.5. The highest BCUT2D eigenvalue weighted by Gasteiger charge is 2.32. The summed E-state index contributed by atoms with van der Waals surface area (Å²) in [6.45, 7) is 6.68. The molecule has 0 saturated carbocycles. The van der Waals surface area contributed by atoms with Gasteiger partial charge in [0.1, 0.15) is 5.60 Å². The summed E-state index contributed by atoms with van der Waals surface area (Å²) in [5.74, 6) is -0.0423. The maximum atomic E-state index is 11.5. The van der Waals surface area contributed by atoms with Crippen molar-refractivity contribution < 1.29 is 15.0 Å². The van der Waals surface area contributed by atoms with Gasteiger partial charge in [0.15, 0.2) is 5.78 Å². The normalized spacial score (nSPS) is 18.4. The average molecular weight is 188 g/mol. The third kappa shape index (κ3) is 3.87. The largest absolute Gasteiger partial charge is 0.393 e. The summed E-state index contributed by atoms with van der Waals surface area (Å²) < 4.78 is 0. The second kappa shape index (κ2) is 4.72. The second-order valence-corrected chi connectivity index (χ2v) is 4.33. The number of aliphatic hydroxyl groups is 2. The van der Waals surface area contributed by atoms with E-state index >= 15 is 0 Å². The standard InChI is InChI=1S/C10H20O3/c1-7(2)5-8(3)9(12)10(4,13)6-11/h7-8,11,13H,5-6H2,1-4H3/t8?,10-/m1/s1. The van der Waals surface area contributed by atoms with E-state index in [1.165, 1.54) is 6.92 Å². The summed E-state index contributed by atoms with van der Waals surface area (Å²) >= 11 is 0. The molecule has 2 atom stereocenters. The molecular weight excluding hydrogens is 168 g/mol. The molecule has 0 aromatic carbocycles. The van der Waals surface area contributed by atoms with E-state index in [4.69, 9.17) is 5.11 Å². The lowest BCUT2D eigenvalue weighted by atomic mass is 9.87. The number of carbonyl (C=O) groups is 1. The van der Waals surface area contributed by atoms with Crippen LogP contribution < -0.4 is 0 Å². The Bertz CT molecular complexity index is 173. The number of hydrogen-bond donors (Lipinski definition) is 2. The van der Waals surface area contributed by atoms with Crippen molar-refractivity contribution in [3.05, 3.63) is 0 Å². The molecule has 3 nitrogen and oxygen atoms in total. The molecule has 0 spiro atoms. The zero-order chi connectivity index (χ0) is 10.6. The number of carbonyl (C=O) groups excluding carboxylic acids is 1. The molecule has 3 heteroatoms. The topological polar surface area (TPSA) is 57.5 Å². The molecule has 0 aliphatic heterocycles. The number of hydrogen-bond acceptors (Lipinski definition) is 3. The SMILES string of the molecule is CC(C)CC(C)C(=O)[C@](C)(O)CO. The van der Waals surface area contributed by atoms with Gasteiger partial charge in [0.2, 0.25) is 0 Å². The third-order valence-electron chi connectivity index (χ3n) is 2.11. The van der Waals surface area contributed by atoms with Crippen LogP contribution in [0.3, 0.4) is 0 Å². The van der Waals surface area contributed by atoms with Crippen molar-refractivity contribution >= 4 is 5.78 Å². The molecule has 0 aliphatic rings. The quantitative estimate of drug-likeness (QED) is 0.676. The van der Waals surface area contributed by atoms with Gasteiger partial charge in [-0.1, -0.05) is 20.8 Å². The molecule has 0 radical (unpaired) electrons. The van der Waals surface area contributed by atoms with Gasteiger partial charge in [-0.25, -0.2) is 0 Å². The first-order valence-electron chi connectivity index (χ1n) is 4.68. The molecular formula is C10H20O3. The molecule has 13 heavy (non-hydrogen) atoms. The van der Waals surface area contributed by atoms with Crippen molar-refractivity contribution in [1.29, 1.82) is 0 Å². The second-order valence-electron chi connectivity index (χ2n) is 4.33. The van der Waals surface area contributed by atoms with Crippen LogP contribution in [0.5, 0.6) is 0 Å². The van der Waals surface area contributed by atoms with E-state index in [0.29, 0.717) is 5.92 Å². The fourth-order valence-corrected chi connectivity index (χ4v) is 1.42. The number of ketones is 1. The Labute approximate surface area is 79.8 Å². The summed E-state index contributed by atoms with van der Waals surface area (Å²) in [5.41, 5.74) is -1.58. The number of rotatable bonds is 5. The highest BCUT2D eigenvalue weighted by molar-refractivity contribution is 5.88.